The van der Waals surface area contributed by atoms with Gasteiger partial charge in [0.15, 0.2) is 0 Å². The third kappa shape index (κ3) is 2.15. The van der Waals surface area contributed by atoms with Gasteiger partial charge in [0.1, 0.15) is 0 Å². The van der Waals surface area contributed by atoms with Gasteiger partial charge in [-0.15, -0.1) is 0 Å². The second kappa shape index (κ2) is 4.22. The molecule has 0 bridgehead atoms. The van der Waals surface area contributed by atoms with Crippen LogP contribution in [0.5, 0.6) is 0 Å². The van der Waals surface area contributed by atoms with Crippen LogP contribution in [0.1, 0.15) is 25.3 Å². The Kier molecular flexibility index (Phi) is 2.74. The fraction of sp³-hybridized carbons (Fsp3) is 0.692. The van der Waals surface area contributed by atoms with Gasteiger partial charge in [-0.3, -0.25) is 4.90 Å². The molecule has 0 spiro atoms. The summed E-state index contributed by atoms with van der Waals surface area (Å²) in [6, 6.07) is 3.74. The zero-order chi connectivity index (χ0) is 11.0. The fourth-order valence-corrected chi connectivity index (χ4v) is 2.73. The molecule has 88 valence electrons. The summed E-state index contributed by atoms with van der Waals surface area (Å²) in [6.45, 7) is 5.90. The highest BCUT2D eigenvalue weighted by molar-refractivity contribution is 5.08. The second-order valence-corrected chi connectivity index (χ2v) is 5.37. The molecule has 2 aliphatic rings. The Labute approximate surface area is 97.2 Å². The standard InChI is InChI=1S/C13H21N3/c1-10-8-16(12-2-3-12)9-13(10)15-7-11-4-5-14-6-11/h4-6,10,12-15H,2-3,7-9H2,1H3. The maximum Gasteiger partial charge on any atom is 0.0236 e. The van der Waals surface area contributed by atoms with Gasteiger partial charge in [0.2, 0.25) is 0 Å². The molecule has 1 aliphatic heterocycles. The molecule has 2 N–H and O–H groups in total. The first kappa shape index (κ1) is 10.4. The number of nitrogens with zero attached hydrogens (tertiary/aromatic N) is 1. The average molecular weight is 219 g/mol. The normalized spacial score (nSPS) is 31.1. The maximum absolute atomic E-state index is 3.68. The molecule has 0 radical (unpaired) electrons. The molecule has 3 rings (SSSR count). The van der Waals surface area contributed by atoms with Gasteiger partial charge >= 0.3 is 0 Å². The van der Waals surface area contributed by atoms with Crippen LogP contribution in [-0.4, -0.2) is 35.1 Å². The van der Waals surface area contributed by atoms with Gasteiger partial charge in [0.05, 0.1) is 0 Å². The highest BCUT2D eigenvalue weighted by Gasteiger charge is 2.37. The molecule has 1 saturated carbocycles. The third-order valence-electron chi connectivity index (χ3n) is 3.93. The summed E-state index contributed by atoms with van der Waals surface area (Å²) in [5, 5.41) is 3.68. The van der Waals surface area contributed by atoms with Crippen LogP contribution in [0.4, 0.5) is 0 Å². The zero-order valence-corrected chi connectivity index (χ0v) is 9.95. The lowest BCUT2D eigenvalue weighted by molar-refractivity contribution is 0.313. The Bertz CT molecular complexity index is 329. The van der Waals surface area contributed by atoms with Crippen molar-refractivity contribution in [3.8, 4) is 0 Å². The number of aromatic nitrogens is 1. The van der Waals surface area contributed by atoms with Crippen LogP contribution >= 0.6 is 0 Å². The molecule has 1 aromatic heterocycles. The lowest BCUT2D eigenvalue weighted by atomic mass is 10.1. The second-order valence-electron chi connectivity index (χ2n) is 5.37. The van der Waals surface area contributed by atoms with E-state index in [-0.39, 0.29) is 0 Å². The first-order valence-corrected chi connectivity index (χ1v) is 6.42. The number of nitrogens with one attached hydrogen (secondary N) is 2. The van der Waals surface area contributed by atoms with Gasteiger partial charge in [-0.2, -0.15) is 0 Å². The molecular weight excluding hydrogens is 198 g/mol. The lowest BCUT2D eigenvalue weighted by Crippen LogP contribution is -2.35. The van der Waals surface area contributed by atoms with Crippen LogP contribution in [0.3, 0.4) is 0 Å². The van der Waals surface area contributed by atoms with Crippen LogP contribution in [0, 0.1) is 5.92 Å². The summed E-state index contributed by atoms with van der Waals surface area (Å²) in [7, 11) is 0. The minimum Gasteiger partial charge on any atom is -0.367 e. The Morgan fingerprint density at radius 3 is 3.00 bits per heavy atom. The molecule has 2 fully saturated rings. The van der Waals surface area contributed by atoms with Crippen molar-refractivity contribution in [1.82, 2.24) is 15.2 Å². The molecule has 0 aromatic carbocycles. The minimum absolute atomic E-state index is 0.676. The van der Waals surface area contributed by atoms with E-state index in [1.165, 1.54) is 31.5 Å². The molecule has 3 nitrogen and oxygen atoms in total. The summed E-state index contributed by atoms with van der Waals surface area (Å²) >= 11 is 0. The van der Waals surface area contributed by atoms with E-state index in [0.29, 0.717) is 6.04 Å². The molecule has 0 amide bonds. The summed E-state index contributed by atoms with van der Waals surface area (Å²) in [5.74, 6) is 0.791. The first-order chi connectivity index (χ1) is 7.83. The number of rotatable bonds is 4. The van der Waals surface area contributed by atoms with E-state index < -0.39 is 0 Å². The van der Waals surface area contributed by atoms with Gasteiger partial charge in [0, 0.05) is 44.1 Å². The van der Waals surface area contributed by atoms with Crippen LogP contribution < -0.4 is 5.32 Å². The summed E-state index contributed by atoms with van der Waals surface area (Å²) in [5.41, 5.74) is 1.36. The molecular formula is C13H21N3. The quantitative estimate of drug-likeness (QED) is 0.805. The SMILES string of the molecule is CC1CN(C2CC2)CC1NCc1cc[nH]c1. The van der Waals surface area contributed by atoms with Gasteiger partial charge in [0.25, 0.3) is 0 Å². The van der Waals surface area contributed by atoms with Crippen molar-refractivity contribution in [3.63, 3.8) is 0 Å². The molecule has 1 saturated heterocycles. The fourth-order valence-electron chi connectivity index (χ4n) is 2.73. The van der Waals surface area contributed by atoms with Gasteiger partial charge in [-0.1, -0.05) is 6.92 Å². The molecule has 3 heteroatoms. The lowest BCUT2D eigenvalue weighted by Gasteiger charge is -2.16. The van der Waals surface area contributed by atoms with Crippen molar-refractivity contribution in [1.29, 1.82) is 0 Å². The average Bonchev–Trinajstić information content (AvgIpc) is 2.86. The van der Waals surface area contributed by atoms with Crippen molar-refractivity contribution >= 4 is 0 Å². The summed E-state index contributed by atoms with van der Waals surface area (Å²) in [4.78, 5) is 5.77. The number of hydrogen-bond acceptors (Lipinski definition) is 2. The van der Waals surface area contributed by atoms with E-state index >= 15 is 0 Å². The van der Waals surface area contributed by atoms with Crippen LogP contribution in [0.25, 0.3) is 0 Å². The first-order valence-electron chi connectivity index (χ1n) is 6.42. The number of likely N-dealkylation sites (tertiary alicyclic amines) is 1. The van der Waals surface area contributed by atoms with E-state index in [2.05, 4.69) is 34.4 Å². The van der Waals surface area contributed by atoms with Crippen molar-refractivity contribution < 1.29 is 0 Å². The van der Waals surface area contributed by atoms with E-state index in [9.17, 15) is 0 Å². The molecule has 1 aliphatic carbocycles. The zero-order valence-electron chi connectivity index (χ0n) is 9.95. The monoisotopic (exact) mass is 219 g/mol. The van der Waals surface area contributed by atoms with Gasteiger partial charge < -0.3 is 10.3 Å². The van der Waals surface area contributed by atoms with Gasteiger partial charge in [-0.05, 0) is 30.4 Å². The number of H-pyrrole nitrogens is 1. The predicted molar refractivity (Wildman–Crippen MR) is 65.2 cm³/mol. The minimum atomic E-state index is 0.676. The largest absolute Gasteiger partial charge is 0.367 e. The van der Waals surface area contributed by atoms with Crippen LogP contribution in [0.2, 0.25) is 0 Å². The van der Waals surface area contributed by atoms with Crippen molar-refractivity contribution in [3.05, 3.63) is 24.0 Å². The van der Waals surface area contributed by atoms with Crippen LogP contribution in [-0.2, 0) is 6.54 Å². The summed E-state index contributed by atoms with van der Waals surface area (Å²) < 4.78 is 0. The molecule has 2 atom stereocenters. The highest BCUT2D eigenvalue weighted by atomic mass is 15.2. The van der Waals surface area contributed by atoms with Gasteiger partial charge in [-0.25, -0.2) is 0 Å². The maximum atomic E-state index is 3.68. The Morgan fingerprint density at radius 2 is 2.31 bits per heavy atom. The molecule has 2 unspecified atom stereocenters. The highest BCUT2D eigenvalue weighted by Crippen LogP contribution is 2.31. The Hall–Kier alpha value is -0.800. The Balaban J connectivity index is 1.51. The number of aromatic amines is 1. The van der Waals surface area contributed by atoms with Crippen molar-refractivity contribution in [2.24, 2.45) is 5.92 Å². The predicted octanol–water partition coefficient (Wildman–Crippen LogP) is 1.59. The van der Waals surface area contributed by atoms with E-state index in [1.54, 1.807) is 0 Å². The molecule has 2 heterocycles. The van der Waals surface area contributed by atoms with Crippen molar-refractivity contribution in [2.75, 3.05) is 13.1 Å². The topological polar surface area (TPSA) is 31.1 Å². The summed E-state index contributed by atoms with van der Waals surface area (Å²) in [6.07, 6.45) is 6.92. The molecule has 16 heavy (non-hydrogen) atoms. The van der Waals surface area contributed by atoms with E-state index in [0.717, 1.165) is 18.5 Å². The number of hydrogen-bond donors (Lipinski definition) is 2. The van der Waals surface area contributed by atoms with Crippen LogP contribution in [0.15, 0.2) is 18.5 Å². The Morgan fingerprint density at radius 1 is 1.44 bits per heavy atom. The third-order valence-corrected chi connectivity index (χ3v) is 3.93. The smallest absolute Gasteiger partial charge is 0.0236 e. The van der Waals surface area contributed by atoms with E-state index in [4.69, 9.17) is 0 Å². The molecule has 1 aromatic rings. The van der Waals surface area contributed by atoms with Crippen molar-refractivity contribution in [2.45, 2.75) is 38.4 Å². The van der Waals surface area contributed by atoms with E-state index in [1.807, 2.05) is 6.20 Å².